The lowest BCUT2D eigenvalue weighted by Crippen LogP contribution is -2.32. The summed E-state index contributed by atoms with van der Waals surface area (Å²) in [6.07, 6.45) is 0. The molecule has 1 atom stereocenters. The standard InChI is InChI=1S/C29H31NO6/c1-18(2)17-36-24-16-21(11-12-23(24)35-4)26-25(28(32)29(33)30(26)13-14-34-3)27(31)22-10-9-19-7-5-6-8-20(19)15-22/h5-12,15-16,18,26,31H,13-14,17H2,1-4H3/b27-25+. The lowest BCUT2D eigenvalue weighted by molar-refractivity contribution is -0.140. The Morgan fingerprint density at radius 1 is 0.972 bits per heavy atom. The third-order valence-corrected chi connectivity index (χ3v) is 6.17. The van der Waals surface area contributed by atoms with E-state index in [1.54, 1.807) is 31.4 Å². The van der Waals surface area contributed by atoms with Gasteiger partial charge in [0.2, 0.25) is 0 Å². The summed E-state index contributed by atoms with van der Waals surface area (Å²) in [4.78, 5) is 27.8. The maximum absolute atomic E-state index is 13.3. The lowest BCUT2D eigenvalue weighted by Gasteiger charge is -2.26. The zero-order valence-corrected chi connectivity index (χ0v) is 21.0. The summed E-state index contributed by atoms with van der Waals surface area (Å²) in [5.74, 6) is -0.292. The van der Waals surface area contributed by atoms with Crippen molar-refractivity contribution in [1.29, 1.82) is 0 Å². The molecule has 7 heteroatoms. The van der Waals surface area contributed by atoms with E-state index in [0.29, 0.717) is 35.2 Å². The number of aliphatic hydroxyl groups excluding tert-OH is 1. The first-order valence-electron chi connectivity index (χ1n) is 11.9. The average molecular weight is 490 g/mol. The molecule has 1 aliphatic heterocycles. The summed E-state index contributed by atoms with van der Waals surface area (Å²) in [6, 6.07) is 17.7. The summed E-state index contributed by atoms with van der Waals surface area (Å²) in [6.45, 7) is 4.99. The number of hydrogen-bond acceptors (Lipinski definition) is 6. The second-order valence-electron chi connectivity index (χ2n) is 9.16. The molecule has 188 valence electrons. The first-order valence-corrected chi connectivity index (χ1v) is 11.9. The van der Waals surface area contributed by atoms with Gasteiger partial charge >= 0.3 is 0 Å². The van der Waals surface area contributed by atoms with Gasteiger partial charge in [-0.15, -0.1) is 0 Å². The van der Waals surface area contributed by atoms with Crippen LogP contribution in [0.4, 0.5) is 0 Å². The van der Waals surface area contributed by atoms with Gasteiger partial charge in [0.05, 0.1) is 31.9 Å². The Bertz CT molecular complexity index is 1310. The van der Waals surface area contributed by atoms with Crippen molar-refractivity contribution < 1.29 is 28.9 Å². The fraction of sp³-hybridized carbons (Fsp3) is 0.310. The molecule has 1 unspecified atom stereocenters. The zero-order chi connectivity index (χ0) is 25.8. The van der Waals surface area contributed by atoms with Crippen molar-refractivity contribution >= 4 is 28.2 Å². The van der Waals surface area contributed by atoms with Crippen LogP contribution in [0, 0.1) is 5.92 Å². The normalized spacial score (nSPS) is 17.2. The van der Waals surface area contributed by atoms with Crippen molar-refractivity contribution in [3.63, 3.8) is 0 Å². The molecule has 0 aromatic heterocycles. The fourth-order valence-electron chi connectivity index (χ4n) is 4.37. The number of methoxy groups -OCH3 is 2. The maximum Gasteiger partial charge on any atom is 0.295 e. The first kappa shape index (κ1) is 25.3. The van der Waals surface area contributed by atoms with Crippen molar-refractivity contribution in [1.82, 2.24) is 4.90 Å². The molecule has 0 saturated carbocycles. The smallest absolute Gasteiger partial charge is 0.295 e. The van der Waals surface area contributed by atoms with Crippen LogP contribution in [0.15, 0.2) is 66.2 Å². The van der Waals surface area contributed by atoms with Crippen LogP contribution >= 0.6 is 0 Å². The van der Waals surface area contributed by atoms with Crippen LogP contribution in [-0.2, 0) is 14.3 Å². The van der Waals surface area contributed by atoms with Gasteiger partial charge in [0.1, 0.15) is 5.76 Å². The van der Waals surface area contributed by atoms with Gasteiger partial charge in [0.15, 0.2) is 11.5 Å². The van der Waals surface area contributed by atoms with Crippen LogP contribution in [0.5, 0.6) is 11.5 Å². The third kappa shape index (κ3) is 4.93. The van der Waals surface area contributed by atoms with E-state index >= 15 is 0 Å². The van der Waals surface area contributed by atoms with Gasteiger partial charge in [-0.3, -0.25) is 9.59 Å². The number of ketones is 1. The molecule has 3 aromatic carbocycles. The molecule has 1 aliphatic rings. The Labute approximate surface area is 210 Å². The minimum absolute atomic E-state index is 0.0337. The summed E-state index contributed by atoms with van der Waals surface area (Å²) < 4.78 is 16.6. The van der Waals surface area contributed by atoms with Gasteiger partial charge in [-0.25, -0.2) is 0 Å². The second-order valence-corrected chi connectivity index (χ2v) is 9.16. The molecule has 0 aliphatic carbocycles. The monoisotopic (exact) mass is 489 g/mol. The van der Waals surface area contributed by atoms with Crippen molar-refractivity contribution in [2.45, 2.75) is 19.9 Å². The number of fused-ring (bicyclic) bond motifs is 1. The van der Waals surface area contributed by atoms with Crippen molar-refractivity contribution in [2.24, 2.45) is 5.92 Å². The van der Waals surface area contributed by atoms with Crippen LogP contribution in [0.3, 0.4) is 0 Å². The molecule has 1 saturated heterocycles. The number of amides is 1. The number of likely N-dealkylation sites (tertiary alicyclic amines) is 1. The topological polar surface area (TPSA) is 85.3 Å². The van der Waals surface area contributed by atoms with Crippen LogP contribution in [0.25, 0.3) is 16.5 Å². The van der Waals surface area contributed by atoms with Gasteiger partial charge in [-0.2, -0.15) is 0 Å². The SMILES string of the molecule is COCCN1C(=O)C(=O)/C(=C(/O)c2ccc3ccccc3c2)C1c1ccc(OC)c(OCC(C)C)c1. The molecule has 1 heterocycles. The van der Waals surface area contributed by atoms with E-state index in [4.69, 9.17) is 14.2 Å². The number of nitrogens with zero attached hydrogens (tertiary/aromatic N) is 1. The maximum atomic E-state index is 13.3. The lowest BCUT2D eigenvalue weighted by atomic mass is 9.94. The summed E-state index contributed by atoms with van der Waals surface area (Å²) in [5.41, 5.74) is 1.13. The fourth-order valence-corrected chi connectivity index (χ4v) is 4.37. The molecule has 0 spiro atoms. The second kappa shape index (κ2) is 10.8. The molecule has 0 radical (unpaired) electrons. The average Bonchev–Trinajstić information content (AvgIpc) is 3.14. The van der Waals surface area contributed by atoms with Gasteiger partial charge in [0, 0.05) is 19.2 Å². The van der Waals surface area contributed by atoms with E-state index in [1.807, 2.05) is 50.2 Å². The van der Waals surface area contributed by atoms with E-state index in [2.05, 4.69) is 0 Å². The van der Waals surface area contributed by atoms with Crippen LogP contribution in [0.1, 0.15) is 31.0 Å². The number of carbonyl (C=O) groups excluding carboxylic acids is 2. The molecule has 1 amide bonds. The van der Waals surface area contributed by atoms with Crippen molar-refractivity contribution in [3.05, 3.63) is 77.4 Å². The number of benzene rings is 3. The molecule has 7 nitrogen and oxygen atoms in total. The summed E-state index contributed by atoms with van der Waals surface area (Å²) in [5, 5.41) is 13.3. The van der Waals surface area contributed by atoms with Crippen LogP contribution < -0.4 is 9.47 Å². The molecular formula is C29H31NO6. The van der Waals surface area contributed by atoms with Gasteiger partial charge in [0.25, 0.3) is 11.7 Å². The first-order chi connectivity index (χ1) is 17.3. The summed E-state index contributed by atoms with van der Waals surface area (Å²) in [7, 11) is 3.09. The number of rotatable bonds is 9. The highest BCUT2D eigenvalue weighted by Gasteiger charge is 2.46. The van der Waals surface area contributed by atoms with Gasteiger partial charge < -0.3 is 24.2 Å². The Morgan fingerprint density at radius 2 is 1.72 bits per heavy atom. The van der Waals surface area contributed by atoms with E-state index in [-0.39, 0.29) is 24.5 Å². The predicted molar refractivity (Wildman–Crippen MR) is 138 cm³/mol. The number of aliphatic hydroxyl groups is 1. The minimum Gasteiger partial charge on any atom is -0.507 e. The minimum atomic E-state index is -0.807. The van der Waals surface area contributed by atoms with Crippen LogP contribution in [0.2, 0.25) is 0 Å². The van der Waals surface area contributed by atoms with E-state index in [9.17, 15) is 14.7 Å². The predicted octanol–water partition coefficient (Wildman–Crippen LogP) is 4.95. The van der Waals surface area contributed by atoms with E-state index < -0.39 is 17.7 Å². The molecule has 0 bridgehead atoms. The number of hydrogen-bond donors (Lipinski definition) is 1. The largest absolute Gasteiger partial charge is 0.507 e. The molecular weight excluding hydrogens is 458 g/mol. The Balaban J connectivity index is 1.86. The highest BCUT2D eigenvalue weighted by Crippen LogP contribution is 2.42. The van der Waals surface area contributed by atoms with Crippen LogP contribution in [-0.4, -0.2) is 55.7 Å². The highest BCUT2D eigenvalue weighted by atomic mass is 16.5. The zero-order valence-electron chi connectivity index (χ0n) is 21.0. The van der Waals surface area contributed by atoms with Crippen molar-refractivity contribution in [2.75, 3.05) is 34.0 Å². The van der Waals surface area contributed by atoms with E-state index in [0.717, 1.165) is 10.8 Å². The Hall–Kier alpha value is -3.84. The Kier molecular flexibility index (Phi) is 7.60. The molecule has 4 rings (SSSR count). The number of Topliss-reactive ketones (excluding diaryl/α,β-unsaturated/α-hetero) is 1. The summed E-state index contributed by atoms with van der Waals surface area (Å²) >= 11 is 0. The molecule has 1 N–H and O–H groups in total. The molecule has 36 heavy (non-hydrogen) atoms. The molecule has 3 aromatic rings. The quantitative estimate of drug-likeness (QED) is 0.260. The number of carbonyl (C=O) groups is 2. The highest BCUT2D eigenvalue weighted by molar-refractivity contribution is 6.46. The van der Waals surface area contributed by atoms with Gasteiger partial charge in [-0.05, 0) is 40.5 Å². The third-order valence-electron chi connectivity index (χ3n) is 6.17. The van der Waals surface area contributed by atoms with Crippen molar-refractivity contribution in [3.8, 4) is 11.5 Å². The Morgan fingerprint density at radius 3 is 2.42 bits per heavy atom. The van der Waals surface area contributed by atoms with E-state index in [1.165, 1.54) is 12.0 Å². The van der Waals surface area contributed by atoms with Gasteiger partial charge in [-0.1, -0.05) is 56.3 Å². The number of ether oxygens (including phenoxy) is 3. The molecule has 1 fully saturated rings.